The van der Waals surface area contributed by atoms with E-state index in [0.29, 0.717) is 11.2 Å². The Labute approximate surface area is 114 Å². The molecule has 3 aromatic rings. The van der Waals surface area contributed by atoms with E-state index in [1.165, 1.54) is 16.3 Å². The summed E-state index contributed by atoms with van der Waals surface area (Å²) in [4.78, 5) is 17.0. The highest BCUT2D eigenvalue weighted by Crippen LogP contribution is 2.20. The van der Waals surface area contributed by atoms with E-state index in [-0.39, 0.29) is 5.56 Å². The number of H-pyrrole nitrogens is 2. The fraction of sp³-hybridized carbons (Fsp3) is 0.0667. The smallest absolute Gasteiger partial charge is 0.251 e. The molecule has 0 spiro atoms. The topological polar surface area (TPSA) is 48.6 Å². The molecule has 4 heteroatoms. The van der Waals surface area contributed by atoms with E-state index in [1.54, 1.807) is 6.07 Å². The molecule has 1 heterocycles. The maximum Gasteiger partial charge on any atom is 0.251 e. The minimum absolute atomic E-state index is 0.168. The van der Waals surface area contributed by atoms with Gasteiger partial charge in [0.05, 0.1) is 0 Å². The molecule has 2 aromatic carbocycles. The van der Waals surface area contributed by atoms with Crippen LogP contribution < -0.4 is 5.56 Å². The SMILES string of the molecule is O=c1cc(Cc2cccc3ccccc23)[nH]c(=S)[nH]1. The molecular formula is C15H12N2OS. The van der Waals surface area contributed by atoms with E-state index in [4.69, 9.17) is 12.2 Å². The Bertz CT molecular complexity index is 815. The zero-order valence-electron chi connectivity index (χ0n) is 10.1. The Hall–Kier alpha value is -2.20. The van der Waals surface area contributed by atoms with Gasteiger partial charge in [-0.3, -0.25) is 9.78 Å². The van der Waals surface area contributed by atoms with Crippen LogP contribution in [0, 0.1) is 4.77 Å². The number of benzene rings is 2. The standard InChI is InChI=1S/C15H12N2OS/c18-14-9-12(16-15(19)17-14)8-11-6-3-5-10-4-1-2-7-13(10)11/h1-7,9H,8H2,(H2,16,17,18,19). The van der Waals surface area contributed by atoms with Crippen molar-refractivity contribution in [1.29, 1.82) is 0 Å². The maximum atomic E-state index is 11.4. The van der Waals surface area contributed by atoms with Gasteiger partial charge in [-0.2, -0.15) is 0 Å². The summed E-state index contributed by atoms with van der Waals surface area (Å²) in [5.41, 5.74) is 1.83. The molecule has 3 rings (SSSR count). The van der Waals surface area contributed by atoms with Crippen LogP contribution in [0.15, 0.2) is 53.3 Å². The molecule has 0 aliphatic heterocycles. The van der Waals surface area contributed by atoms with Crippen LogP contribution >= 0.6 is 12.2 Å². The third-order valence-electron chi connectivity index (χ3n) is 3.08. The minimum Gasteiger partial charge on any atom is -0.336 e. The maximum absolute atomic E-state index is 11.4. The molecule has 0 saturated heterocycles. The van der Waals surface area contributed by atoms with E-state index < -0.39 is 0 Å². The van der Waals surface area contributed by atoms with Crippen molar-refractivity contribution in [2.45, 2.75) is 6.42 Å². The van der Waals surface area contributed by atoms with Crippen LogP contribution in [-0.4, -0.2) is 9.97 Å². The largest absolute Gasteiger partial charge is 0.336 e. The minimum atomic E-state index is -0.168. The normalized spacial score (nSPS) is 10.7. The second-order valence-electron chi connectivity index (χ2n) is 4.43. The summed E-state index contributed by atoms with van der Waals surface area (Å²) in [6.07, 6.45) is 0.662. The van der Waals surface area contributed by atoms with Gasteiger partial charge in [-0.05, 0) is 28.6 Å². The molecule has 0 aliphatic carbocycles. The highest BCUT2D eigenvalue weighted by atomic mass is 32.1. The van der Waals surface area contributed by atoms with E-state index >= 15 is 0 Å². The molecule has 19 heavy (non-hydrogen) atoms. The van der Waals surface area contributed by atoms with E-state index in [1.807, 2.05) is 18.2 Å². The quantitative estimate of drug-likeness (QED) is 0.701. The Balaban J connectivity index is 2.10. The molecule has 0 radical (unpaired) electrons. The van der Waals surface area contributed by atoms with Crippen molar-refractivity contribution < 1.29 is 0 Å². The number of aromatic amines is 2. The predicted molar refractivity (Wildman–Crippen MR) is 79.0 cm³/mol. The molecule has 94 valence electrons. The molecule has 0 fully saturated rings. The van der Waals surface area contributed by atoms with E-state index in [0.717, 1.165) is 5.69 Å². The summed E-state index contributed by atoms with van der Waals surface area (Å²) in [6, 6.07) is 15.9. The Morgan fingerprint density at radius 1 is 1.00 bits per heavy atom. The lowest BCUT2D eigenvalue weighted by Crippen LogP contribution is -2.08. The Kier molecular flexibility index (Phi) is 3.01. The van der Waals surface area contributed by atoms with Crippen molar-refractivity contribution in [2.75, 3.05) is 0 Å². The summed E-state index contributed by atoms with van der Waals surface area (Å²) in [5.74, 6) is 0. The third-order valence-corrected chi connectivity index (χ3v) is 3.28. The molecule has 0 atom stereocenters. The first-order valence-electron chi connectivity index (χ1n) is 6.01. The second-order valence-corrected chi connectivity index (χ2v) is 4.84. The van der Waals surface area contributed by atoms with Gasteiger partial charge in [0.15, 0.2) is 4.77 Å². The van der Waals surface area contributed by atoms with Crippen LogP contribution in [-0.2, 0) is 6.42 Å². The number of hydrogen-bond donors (Lipinski definition) is 2. The van der Waals surface area contributed by atoms with Gasteiger partial charge in [-0.15, -0.1) is 0 Å². The second kappa shape index (κ2) is 4.82. The Morgan fingerprint density at radius 2 is 1.79 bits per heavy atom. The number of nitrogens with one attached hydrogen (secondary N) is 2. The van der Waals surface area contributed by atoms with Crippen LogP contribution in [0.4, 0.5) is 0 Å². The third kappa shape index (κ3) is 2.48. The predicted octanol–water partition coefficient (Wildman–Crippen LogP) is 3.18. The lowest BCUT2D eigenvalue weighted by molar-refractivity contribution is 0.990. The molecule has 0 bridgehead atoms. The monoisotopic (exact) mass is 268 g/mol. The van der Waals surface area contributed by atoms with Gasteiger partial charge in [0.1, 0.15) is 0 Å². The van der Waals surface area contributed by atoms with Crippen molar-refractivity contribution >= 4 is 23.0 Å². The summed E-state index contributed by atoms with van der Waals surface area (Å²) in [6.45, 7) is 0. The van der Waals surface area contributed by atoms with Crippen molar-refractivity contribution in [3.63, 3.8) is 0 Å². The van der Waals surface area contributed by atoms with Crippen molar-refractivity contribution in [3.8, 4) is 0 Å². The molecular weight excluding hydrogens is 256 g/mol. The van der Waals surface area contributed by atoms with Crippen LogP contribution in [0.2, 0.25) is 0 Å². The molecule has 0 unspecified atom stereocenters. The average Bonchev–Trinajstić information content (AvgIpc) is 2.38. The zero-order valence-corrected chi connectivity index (χ0v) is 11.0. The molecule has 0 amide bonds. The number of hydrogen-bond acceptors (Lipinski definition) is 2. The first-order valence-corrected chi connectivity index (χ1v) is 6.42. The van der Waals surface area contributed by atoms with Crippen molar-refractivity contribution in [1.82, 2.24) is 9.97 Å². The number of aromatic nitrogens is 2. The van der Waals surface area contributed by atoms with E-state index in [2.05, 4.69) is 34.2 Å². The molecule has 0 aliphatic rings. The fourth-order valence-corrected chi connectivity index (χ4v) is 2.50. The lowest BCUT2D eigenvalue weighted by Gasteiger charge is -2.06. The van der Waals surface area contributed by atoms with Crippen LogP contribution in [0.5, 0.6) is 0 Å². The van der Waals surface area contributed by atoms with Gasteiger partial charge < -0.3 is 4.98 Å². The first-order chi connectivity index (χ1) is 9.22. The van der Waals surface area contributed by atoms with Gasteiger partial charge in [0.25, 0.3) is 5.56 Å². The molecule has 2 N–H and O–H groups in total. The van der Waals surface area contributed by atoms with Crippen LogP contribution in [0.25, 0.3) is 10.8 Å². The average molecular weight is 268 g/mol. The van der Waals surface area contributed by atoms with E-state index in [9.17, 15) is 4.79 Å². The van der Waals surface area contributed by atoms with Crippen molar-refractivity contribution in [3.05, 3.63) is 74.9 Å². The van der Waals surface area contributed by atoms with Crippen molar-refractivity contribution in [2.24, 2.45) is 0 Å². The van der Waals surface area contributed by atoms with Gasteiger partial charge >= 0.3 is 0 Å². The first kappa shape index (κ1) is 11.9. The molecule has 3 nitrogen and oxygen atoms in total. The summed E-state index contributed by atoms with van der Waals surface area (Å²) in [7, 11) is 0. The number of rotatable bonds is 2. The molecule has 0 saturated carbocycles. The zero-order chi connectivity index (χ0) is 13.2. The van der Waals surface area contributed by atoms with Crippen LogP contribution in [0.3, 0.4) is 0 Å². The summed E-state index contributed by atoms with van der Waals surface area (Å²) >= 11 is 4.99. The van der Waals surface area contributed by atoms with Gasteiger partial charge in [-0.1, -0.05) is 42.5 Å². The number of fused-ring (bicyclic) bond motifs is 1. The highest BCUT2D eigenvalue weighted by molar-refractivity contribution is 7.71. The van der Waals surface area contributed by atoms with Gasteiger partial charge in [0, 0.05) is 18.2 Å². The Morgan fingerprint density at radius 3 is 2.63 bits per heavy atom. The van der Waals surface area contributed by atoms with Gasteiger partial charge in [-0.25, -0.2) is 0 Å². The highest BCUT2D eigenvalue weighted by Gasteiger charge is 2.02. The fourth-order valence-electron chi connectivity index (χ4n) is 2.27. The molecule has 1 aromatic heterocycles. The summed E-state index contributed by atoms with van der Waals surface area (Å²) < 4.78 is 0.364. The lowest BCUT2D eigenvalue weighted by atomic mass is 10.0. The van der Waals surface area contributed by atoms with Crippen LogP contribution in [0.1, 0.15) is 11.3 Å². The van der Waals surface area contributed by atoms with Gasteiger partial charge in [0.2, 0.25) is 0 Å². The summed E-state index contributed by atoms with van der Waals surface area (Å²) in [5, 5.41) is 2.40.